The molecule has 2 rings (SSSR count). The van der Waals surface area contributed by atoms with E-state index in [1.165, 1.54) is 5.56 Å². The number of nitrogens with one attached hydrogen (secondary N) is 2. The molecule has 3 atom stereocenters. The molecule has 19 heavy (non-hydrogen) atoms. The first kappa shape index (κ1) is 14.5. The first-order valence-electron chi connectivity index (χ1n) is 7.41. The van der Waals surface area contributed by atoms with E-state index < -0.39 is 0 Å². The molecule has 3 nitrogen and oxygen atoms in total. The van der Waals surface area contributed by atoms with E-state index in [9.17, 15) is 0 Å². The molecule has 3 unspecified atom stereocenters. The van der Waals surface area contributed by atoms with Gasteiger partial charge in [0.2, 0.25) is 0 Å². The molecule has 1 aromatic rings. The number of benzene rings is 1. The Morgan fingerprint density at radius 2 is 2.16 bits per heavy atom. The average molecular weight is 262 g/mol. The van der Waals surface area contributed by atoms with Crippen LogP contribution in [0.5, 0.6) is 0 Å². The third-order valence-corrected chi connectivity index (χ3v) is 3.73. The van der Waals surface area contributed by atoms with Gasteiger partial charge in [-0.3, -0.25) is 0 Å². The van der Waals surface area contributed by atoms with E-state index >= 15 is 0 Å². The minimum absolute atomic E-state index is 0.445. The van der Waals surface area contributed by atoms with Gasteiger partial charge in [-0.25, -0.2) is 0 Å². The summed E-state index contributed by atoms with van der Waals surface area (Å²) in [5.41, 5.74) is 1.38. The molecule has 1 saturated heterocycles. The zero-order valence-electron chi connectivity index (χ0n) is 12.1. The van der Waals surface area contributed by atoms with Crippen molar-refractivity contribution in [3.63, 3.8) is 0 Å². The standard InChI is InChI=1S/C16H26N2O/c1-3-16(14-7-5-4-6-8-14)18-13(2)11-15-12-19-10-9-17-15/h4-8,13,15-18H,3,9-12H2,1-2H3. The predicted octanol–water partition coefficient (Wildman–Crippen LogP) is 2.49. The van der Waals surface area contributed by atoms with Crippen molar-refractivity contribution >= 4 is 0 Å². The Morgan fingerprint density at radius 3 is 2.79 bits per heavy atom. The van der Waals surface area contributed by atoms with Gasteiger partial charge in [-0.1, -0.05) is 37.3 Å². The number of hydrogen-bond donors (Lipinski definition) is 2. The Morgan fingerprint density at radius 1 is 1.37 bits per heavy atom. The van der Waals surface area contributed by atoms with E-state index in [0.717, 1.165) is 32.6 Å². The van der Waals surface area contributed by atoms with Crippen LogP contribution in [0, 0.1) is 0 Å². The lowest BCUT2D eigenvalue weighted by molar-refractivity contribution is 0.0707. The van der Waals surface area contributed by atoms with Crippen LogP contribution in [-0.4, -0.2) is 31.8 Å². The minimum atomic E-state index is 0.445. The molecule has 0 spiro atoms. The lowest BCUT2D eigenvalue weighted by atomic mass is 10.0. The summed E-state index contributed by atoms with van der Waals surface area (Å²) in [4.78, 5) is 0. The molecular formula is C16H26N2O. The third-order valence-electron chi connectivity index (χ3n) is 3.73. The summed E-state index contributed by atoms with van der Waals surface area (Å²) in [5.74, 6) is 0. The third kappa shape index (κ3) is 4.60. The highest BCUT2D eigenvalue weighted by Crippen LogP contribution is 2.17. The fraction of sp³-hybridized carbons (Fsp3) is 0.625. The zero-order valence-corrected chi connectivity index (χ0v) is 12.1. The predicted molar refractivity (Wildman–Crippen MR) is 79.3 cm³/mol. The highest BCUT2D eigenvalue weighted by Gasteiger charge is 2.18. The van der Waals surface area contributed by atoms with E-state index in [1.807, 2.05) is 0 Å². The number of rotatable bonds is 6. The molecule has 0 bridgehead atoms. The van der Waals surface area contributed by atoms with Crippen molar-refractivity contribution in [3.05, 3.63) is 35.9 Å². The molecule has 1 aliphatic rings. The fourth-order valence-corrected chi connectivity index (χ4v) is 2.74. The van der Waals surface area contributed by atoms with E-state index in [1.54, 1.807) is 0 Å². The second-order valence-electron chi connectivity index (χ2n) is 5.40. The summed E-state index contributed by atoms with van der Waals surface area (Å²) >= 11 is 0. The van der Waals surface area contributed by atoms with Crippen LogP contribution >= 0.6 is 0 Å². The Kier molecular flexibility index (Phi) is 5.83. The summed E-state index contributed by atoms with van der Waals surface area (Å²) in [5, 5.41) is 7.25. The molecule has 1 heterocycles. The summed E-state index contributed by atoms with van der Waals surface area (Å²) < 4.78 is 5.51. The van der Waals surface area contributed by atoms with Gasteiger partial charge in [0.15, 0.2) is 0 Å². The Hall–Kier alpha value is -0.900. The van der Waals surface area contributed by atoms with E-state index in [2.05, 4.69) is 54.8 Å². The van der Waals surface area contributed by atoms with Crippen molar-refractivity contribution in [2.45, 2.75) is 44.8 Å². The smallest absolute Gasteiger partial charge is 0.0620 e. The lowest BCUT2D eigenvalue weighted by Gasteiger charge is -2.29. The van der Waals surface area contributed by atoms with Crippen LogP contribution < -0.4 is 10.6 Å². The van der Waals surface area contributed by atoms with Gasteiger partial charge in [0.25, 0.3) is 0 Å². The van der Waals surface area contributed by atoms with Gasteiger partial charge < -0.3 is 15.4 Å². The second kappa shape index (κ2) is 7.63. The molecular weight excluding hydrogens is 236 g/mol. The highest BCUT2D eigenvalue weighted by molar-refractivity contribution is 5.18. The zero-order chi connectivity index (χ0) is 13.5. The monoisotopic (exact) mass is 262 g/mol. The van der Waals surface area contributed by atoms with Gasteiger partial charge in [-0.05, 0) is 25.3 Å². The summed E-state index contributed by atoms with van der Waals surface area (Å²) in [6.07, 6.45) is 2.23. The van der Waals surface area contributed by atoms with E-state index in [0.29, 0.717) is 18.1 Å². The number of ether oxygens (including phenoxy) is 1. The van der Waals surface area contributed by atoms with Crippen LogP contribution in [0.25, 0.3) is 0 Å². The van der Waals surface area contributed by atoms with Crippen molar-refractivity contribution in [3.8, 4) is 0 Å². The fourth-order valence-electron chi connectivity index (χ4n) is 2.74. The molecule has 2 N–H and O–H groups in total. The van der Waals surface area contributed by atoms with Crippen molar-refractivity contribution in [1.29, 1.82) is 0 Å². The van der Waals surface area contributed by atoms with Crippen molar-refractivity contribution < 1.29 is 4.74 Å². The molecule has 0 aromatic heterocycles. The van der Waals surface area contributed by atoms with E-state index in [-0.39, 0.29) is 0 Å². The Labute approximate surface area is 116 Å². The molecule has 0 amide bonds. The Bertz CT molecular complexity index is 349. The van der Waals surface area contributed by atoms with Crippen LogP contribution in [-0.2, 0) is 4.74 Å². The molecule has 3 heteroatoms. The van der Waals surface area contributed by atoms with Crippen LogP contribution in [0.4, 0.5) is 0 Å². The normalized spacial score (nSPS) is 22.9. The Balaban J connectivity index is 1.84. The lowest BCUT2D eigenvalue weighted by Crippen LogP contribution is -2.45. The topological polar surface area (TPSA) is 33.3 Å². The van der Waals surface area contributed by atoms with Crippen molar-refractivity contribution in [2.75, 3.05) is 19.8 Å². The molecule has 0 aliphatic carbocycles. The van der Waals surface area contributed by atoms with Gasteiger partial charge in [0, 0.05) is 24.7 Å². The van der Waals surface area contributed by atoms with Gasteiger partial charge in [0.1, 0.15) is 0 Å². The number of hydrogen-bond acceptors (Lipinski definition) is 3. The quantitative estimate of drug-likeness (QED) is 0.826. The first-order valence-corrected chi connectivity index (χ1v) is 7.41. The highest BCUT2D eigenvalue weighted by atomic mass is 16.5. The molecule has 1 aromatic carbocycles. The first-order chi connectivity index (χ1) is 9.29. The second-order valence-corrected chi connectivity index (χ2v) is 5.40. The summed E-state index contributed by atoms with van der Waals surface area (Å²) in [7, 11) is 0. The SMILES string of the molecule is CCC(NC(C)CC1COCCN1)c1ccccc1. The molecule has 0 saturated carbocycles. The summed E-state index contributed by atoms with van der Waals surface area (Å²) in [6.45, 7) is 7.17. The minimum Gasteiger partial charge on any atom is -0.379 e. The van der Waals surface area contributed by atoms with Crippen LogP contribution in [0.3, 0.4) is 0 Å². The van der Waals surface area contributed by atoms with Gasteiger partial charge >= 0.3 is 0 Å². The largest absolute Gasteiger partial charge is 0.379 e. The summed E-state index contributed by atoms with van der Waals surface area (Å²) in [6, 6.07) is 12.1. The van der Waals surface area contributed by atoms with Crippen molar-refractivity contribution in [2.24, 2.45) is 0 Å². The van der Waals surface area contributed by atoms with E-state index in [4.69, 9.17) is 4.74 Å². The maximum atomic E-state index is 5.51. The molecule has 106 valence electrons. The number of morpholine rings is 1. The van der Waals surface area contributed by atoms with Gasteiger partial charge in [-0.2, -0.15) is 0 Å². The molecule has 1 fully saturated rings. The molecule has 1 aliphatic heterocycles. The maximum absolute atomic E-state index is 5.51. The van der Waals surface area contributed by atoms with Crippen LogP contribution in [0.15, 0.2) is 30.3 Å². The van der Waals surface area contributed by atoms with Crippen LogP contribution in [0.2, 0.25) is 0 Å². The maximum Gasteiger partial charge on any atom is 0.0620 e. The van der Waals surface area contributed by atoms with Crippen LogP contribution in [0.1, 0.15) is 38.3 Å². The van der Waals surface area contributed by atoms with Gasteiger partial charge in [-0.15, -0.1) is 0 Å². The average Bonchev–Trinajstić information content (AvgIpc) is 2.47. The van der Waals surface area contributed by atoms with Crippen molar-refractivity contribution in [1.82, 2.24) is 10.6 Å². The molecule has 0 radical (unpaired) electrons. The van der Waals surface area contributed by atoms with Gasteiger partial charge in [0.05, 0.1) is 13.2 Å².